The molecule has 0 atom stereocenters. The molecule has 1 fully saturated rings. The summed E-state index contributed by atoms with van der Waals surface area (Å²) in [6.07, 6.45) is 4.13. The number of H-pyrrole nitrogens is 1. The maximum absolute atomic E-state index is 5.50. The van der Waals surface area contributed by atoms with Gasteiger partial charge in [-0.1, -0.05) is 5.16 Å². The summed E-state index contributed by atoms with van der Waals surface area (Å²) in [5.41, 5.74) is 2.81. The predicted octanol–water partition coefficient (Wildman–Crippen LogP) is 4.21. The summed E-state index contributed by atoms with van der Waals surface area (Å²) in [5, 5.41) is 18.3. The first-order valence-corrected chi connectivity index (χ1v) is 12.5. The number of hydrogen-bond acceptors (Lipinski definition) is 10. The fourth-order valence-corrected chi connectivity index (χ4v) is 3.65. The Balaban J connectivity index is 1.51. The lowest BCUT2D eigenvalue weighted by molar-refractivity contribution is 0.270. The van der Waals surface area contributed by atoms with E-state index >= 15 is 0 Å². The van der Waals surface area contributed by atoms with Crippen LogP contribution >= 0.6 is 0 Å². The first-order chi connectivity index (χ1) is 17.4. The molecule has 0 saturated heterocycles. The minimum absolute atomic E-state index is 0.399. The van der Waals surface area contributed by atoms with Crippen LogP contribution < -0.4 is 15.5 Å². The van der Waals surface area contributed by atoms with E-state index in [0.29, 0.717) is 36.6 Å². The molecule has 0 aliphatic heterocycles. The summed E-state index contributed by atoms with van der Waals surface area (Å²) in [6, 6.07) is 5.91. The Bertz CT molecular complexity index is 1150. The smallest absolute Gasteiger partial charge is 0.227 e. The molecule has 3 aromatic rings. The first-order valence-electron chi connectivity index (χ1n) is 12.5. The summed E-state index contributed by atoms with van der Waals surface area (Å²) < 4.78 is 10.8. The van der Waals surface area contributed by atoms with Gasteiger partial charge in [-0.15, -0.1) is 0 Å². The molecular formula is C25H37N9O2. The lowest BCUT2D eigenvalue weighted by atomic mass is 10.2. The summed E-state index contributed by atoms with van der Waals surface area (Å²) >= 11 is 0. The van der Waals surface area contributed by atoms with Gasteiger partial charge < -0.3 is 29.7 Å². The molecule has 0 bridgehead atoms. The number of aromatic amines is 1. The molecule has 0 spiro atoms. The van der Waals surface area contributed by atoms with Crippen LogP contribution in [-0.2, 0) is 11.3 Å². The van der Waals surface area contributed by atoms with E-state index in [0.717, 1.165) is 42.5 Å². The molecule has 1 aliphatic rings. The molecule has 1 saturated carbocycles. The monoisotopic (exact) mass is 495 g/mol. The van der Waals surface area contributed by atoms with Crippen molar-refractivity contribution in [2.45, 2.75) is 46.1 Å². The normalized spacial score (nSPS) is 13.8. The van der Waals surface area contributed by atoms with E-state index in [2.05, 4.69) is 62.9 Å². The zero-order valence-electron chi connectivity index (χ0n) is 21.8. The van der Waals surface area contributed by atoms with Gasteiger partial charge in [0.25, 0.3) is 0 Å². The molecule has 0 aromatic carbocycles. The maximum atomic E-state index is 5.50. The van der Waals surface area contributed by atoms with Gasteiger partial charge in [0, 0.05) is 55.0 Å². The summed E-state index contributed by atoms with van der Waals surface area (Å²) in [7, 11) is 4.14. The zero-order valence-corrected chi connectivity index (χ0v) is 21.8. The van der Waals surface area contributed by atoms with Crippen molar-refractivity contribution in [2.24, 2.45) is 0 Å². The predicted molar refractivity (Wildman–Crippen MR) is 141 cm³/mol. The van der Waals surface area contributed by atoms with E-state index in [1.165, 1.54) is 18.5 Å². The van der Waals surface area contributed by atoms with Gasteiger partial charge in [-0.2, -0.15) is 15.1 Å². The molecule has 3 aromatic heterocycles. The van der Waals surface area contributed by atoms with Crippen molar-refractivity contribution in [2.75, 3.05) is 55.9 Å². The number of likely N-dealkylation sites (N-methyl/N-ethyl adjacent to an activating group) is 2. The summed E-state index contributed by atoms with van der Waals surface area (Å²) in [5.74, 6) is 4.04. The van der Waals surface area contributed by atoms with Gasteiger partial charge in [-0.05, 0) is 47.7 Å². The van der Waals surface area contributed by atoms with E-state index in [1.54, 1.807) is 6.26 Å². The second kappa shape index (κ2) is 11.9. The Morgan fingerprint density at radius 3 is 2.72 bits per heavy atom. The second-order valence-corrected chi connectivity index (χ2v) is 9.21. The van der Waals surface area contributed by atoms with Gasteiger partial charge in [-0.3, -0.25) is 5.10 Å². The van der Waals surface area contributed by atoms with E-state index in [9.17, 15) is 0 Å². The van der Waals surface area contributed by atoms with Crippen molar-refractivity contribution < 1.29 is 9.26 Å². The molecule has 11 nitrogen and oxygen atoms in total. The highest BCUT2D eigenvalue weighted by Crippen LogP contribution is 2.39. The topological polar surface area (TPSA) is 120 Å². The fraction of sp³-hybridized carbons (Fsp3) is 0.520. The van der Waals surface area contributed by atoms with Gasteiger partial charge in [0.2, 0.25) is 5.95 Å². The third-order valence-electron chi connectivity index (χ3n) is 5.92. The molecule has 36 heavy (non-hydrogen) atoms. The van der Waals surface area contributed by atoms with Crippen LogP contribution in [0.5, 0.6) is 0 Å². The number of ether oxygens (including phenoxy) is 1. The molecule has 0 radical (unpaired) electrons. The van der Waals surface area contributed by atoms with Crippen LogP contribution in [0, 0.1) is 0 Å². The Hall–Kier alpha value is -3.60. The molecule has 4 rings (SSSR count). The molecule has 3 N–H and O–H groups in total. The number of allylic oxidation sites excluding steroid dienone is 1. The van der Waals surface area contributed by atoms with Gasteiger partial charge in [0.15, 0.2) is 11.6 Å². The average Bonchev–Trinajstić information content (AvgIpc) is 3.42. The van der Waals surface area contributed by atoms with E-state index in [1.807, 2.05) is 26.0 Å². The average molecular weight is 496 g/mol. The largest absolute Gasteiger partial charge is 0.501 e. The highest BCUT2D eigenvalue weighted by atomic mass is 16.5. The number of rotatable bonds is 14. The SMILES string of the molecule is CCO/C=C(\C)c1cc(CNc2nc(Nc3cc(C4CC4)[nH]n3)cc(N(CC)CCN(C)C)n2)on1. The van der Waals surface area contributed by atoms with Crippen LogP contribution in [0.2, 0.25) is 0 Å². The standard InChI is InChI=1S/C25H37N9O2/c1-6-34(11-10-33(4)5)24-14-22(27-23-13-21(30-31-23)18-8-9-18)28-25(29-24)26-15-19-12-20(32-36-19)17(3)16-35-7-2/h12-14,16,18H,6-11,15H2,1-5H3,(H3,26,27,28,29,30,31)/b17-16+. The van der Waals surface area contributed by atoms with Crippen molar-refractivity contribution in [3.63, 3.8) is 0 Å². The number of nitrogens with zero attached hydrogens (tertiary/aromatic N) is 6. The number of hydrogen-bond donors (Lipinski definition) is 3. The molecule has 3 heterocycles. The van der Waals surface area contributed by atoms with Crippen LogP contribution in [-0.4, -0.2) is 70.6 Å². The maximum Gasteiger partial charge on any atom is 0.227 e. The third kappa shape index (κ3) is 6.97. The van der Waals surface area contributed by atoms with Crippen LogP contribution in [0.4, 0.5) is 23.4 Å². The van der Waals surface area contributed by atoms with Gasteiger partial charge in [0.05, 0.1) is 19.4 Å². The number of aromatic nitrogens is 5. The summed E-state index contributed by atoms with van der Waals surface area (Å²) in [4.78, 5) is 13.9. The lowest BCUT2D eigenvalue weighted by Crippen LogP contribution is -2.32. The quantitative estimate of drug-likeness (QED) is 0.281. The van der Waals surface area contributed by atoms with Crippen LogP contribution in [0.25, 0.3) is 5.57 Å². The first kappa shape index (κ1) is 25.5. The van der Waals surface area contributed by atoms with Gasteiger partial charge in [0.1, 0.15) is 17.3 Å². The molecule has 11 heteroatoms. The Kier molecular flexibility index (Phi) is 8.42. The van der Waals surface area contributed by atoms with E-state index < -0.39 is 0 Å². The van der Waals surface area contributed by atoms with Crippen molar-refractivity contribution in [1.29, 1.82) is 0 Å². The Labute approximate surface area is 212 Å². The van der Waals surface area contributed by atoms with Crippen molar-refractivity contribution >= 4 is 29.0 Å². The molecule has 1 aliphatic carbocycles. The Morgan fingerprint density at radius 1 is 1.17 bits per heavy atom. The van der Waals surface area contributed by atoms with Crippen LogP contribution in [0.15, 0.2) is 29.0 Å². The fourth-order valence-electron chi connectivity index (χ4n) is 3.65. The number of nitrogens with one attached hydrogen (secondary N) is 3. The van der Waals surface area contributed by atoms with Gasteiger partial charge >= 0.3 is 0 Å². The van der Waals surface area contributed by atoms with Crippen LogP contribution in [0.3, 0.4) is 0 Å². The minimum atomic E-state index is 0.399. The van der Waals surface area contributed by atoms with Crippen molar-refractivity contribution in [1.82, 2.24) is 30.2 Å². The number of anilines is 4. The van der Waals surface area contributed by atoms with E-state index in [-0.39, 0.29) is 0 Å². The zero-order chi connectivity index (χ0) is 25.5. The highest BCUT2D eigenvalue weighted by Gasteiger charge is 2.25. The van der Waals surface area contributed by atoms with E-state index in [4.69, 9.17) is 19.2 Å². The molecule has 194 valence electrons. The molecule has 0 amide bonds. The van der Waals surface area contributed by atoms with Crippen molar-refractivity contribution in [3.8, 4) is 0 Å². The van der Waals surface area contributed by atoms with Crippen molar-refractivity contribution in [3.05, 3.63) is 41.6 Å². The van der Waals surface area contributed by atoms with Gasteiger partial charge in [-0.25, -0.2) is 0 Å². The second-order valence-electron chi connectivity index (χ2n) is 9.21. The minimum Gasteiger partial charge on any atom is -0.501 e. The molecular weight excluding hydrogens is 458 g/mol. The third-order valence-corrected chi connectivity index (χ3v) is 5.92. The lowest BCUT2D eigenvalue weighted by Gasteiger charge is -2.24. The molecule has 0 unspecified atom stereocenters. The Morgan fingerprint density at radius 2 is 2.00 bits per heavy atom. The summed E-state index contributed by atoms with van der Waals surface area (Å²) in [6.45, 7) is 9.61. The highest BCUT2D eigenvalue weighted by molar-refractivity contribution is 5.60. The van der Waals surface area contributed by atoms with Crippen LogP contribution in [0.1, 0.15) is 56.7 Å².